The highest BCUT2D eigenvalue weighted by atomic mass is 32.3. The minimum Gasteiger partial charge on any atom is -0.478 e. The van der Waals surface area contributed by atoms with Crippen LogP contribution in [-0.2, 0) is 0 Å². The van der Waals surface area contributed by atoms with E-state index >= 15 is 0 Å². The Kier molecular flexibility index (Phi) is 4.17. The van der Waals surface area contributed by atoms with Gasteiger partial charge in [0.2, 0.25) is 0 Å². The number of hydrogen-bond acceptors (Lipinski definition) is 2. The molecule has 0 amide bonds. The van der Waals surface area contributed by atoms with Crippen LogP contribution < -0.4 is 0 Å². The van der Waals surface area contributed by atoms with Gasteiger partial charge in [0.15, 0.2) is 0 Å². The summed E-state index contributed by atoms with van der Waals surface area (Å²) in [7, 11) is -1.52. The van der Waals surface area contributed by atoms with Crippen molar-refractivity contribution in [3.05, 3.63) is 84.6 Å². The summed E-state index contributed by atoms with van der Waals surface area (Å²) in [4.78, 5) is 17.9. The van der Waals surface area contributed by atoms with Gasteiger partial charge in [0.25, 0.3) is 0 Å². The van der Waals surface area contributed by atoms with E-state index in [1.54, 1.807) is 6.07 Å². The van der Waals surface area contributed by atoms with Crippen LogP contribution in [0.1, 0.15) is 10.4 Å². The zero-order chi connectivity index (χ0) is 16.3. The van der Waals surface area contributed by atoms with Gasteiger partial charge in [-0.15, -0.1) is 10.0 Å². The molecule has 0 aliphatic carbocycles. The van der Waals surface area contributed by atoms with E-state index in [9.17, 15) is 4.79 Å². The third-order valence-corrected chi connectivity index (χ3v) is 7.34. The molecule has 0 bridgehead atoms. The Hall–Kier alpha value is -2.59. The molecule has 23 heavy (non-hydrogen) atoms. The number of carboxylic acid groups (broad SMARTS) is 1. The number of nitrogens with zero attached hydrogens (tertiary/aromatic N) is 1. The second-order valence-corrected chi connectivity index (χ2v) is 8.43. The molecule has 116 valence electrons. The van der Waals surface area contributed by atoms with Crippen molar-refractivity contribution in [1.29, 1.82) is 0 Å². The van der Waals surface area contributed by atoms with Gasteiger partial charge in [-0.05, 0) is 52.4 Å². The minimum absolute atomic E-state index is 0.205. The number of aromatic carboxylic acids is 1. The van der Waals surface area contributed by atoms with Gasteiger partial charge in [0.1, 0.15) is 0 Å². The number of carbonyl (C=O) groups is 1. The highest BCUT2D eigenvalue weighted by molar-refractivity contribution is 8.33. The van der Waals surface area contributed by atoms with Crippen LogP contribution in [0.2, 0.25) is 0 Å². The number of hydrogen-bond donors (Lipinski definition) is 1. The summed E-state index contributed by atoms with van der Waals surface area (Å²) in [5.41, 5.74) is 0.205. The number of benzene rings is 2. The Bertz CT molecular complexity index is 762. The highest BCUT2D eigenvalue weighted by Crippen LogP contribution is 2.64. The van der Waals surface area contributed by atoms with E-state index in [-0.39, 0.29) is 5.56 Å². The Morgan fingerprint density at radius 1 is 0.870 bits per heavy atom. The normalized spacial score (nSPS) is 11.9. The van der Waals surface area contributed by atoms with Crippen LogP contribution in [0.25, 0.3) is 0 Å². The van der Waals surface area contributed by atoms with Crippen LogP contribution in [0.5, 0.6) is 0 Å². The van der Waals surface area contributed by atoms with Crippen molar-refractivity contribution >= 4 is 16.0 Å². The molecule has 0 aliphatic heterocycles. The second kappa shape index (κ2) is 6.26. The first-order chi connectivity index (χ1) is 11.1. The molecule has 2 aromatic carbocycles. The molecule has 0 atom stereocenters. The SMILES string of the molecule is CS(c1ccccc1)(c1ccccc1)c1ccc(C(=O)O)cn1. The summed E-state index contributed by atoms with van der Waals surface area (Å²) < 4.78 is 0. The first-order valence-corrected chi connectivity index (χ1v) is 9.24. The molecule has 0 saturated heterocycles. The second-order valence-electron chi connectivity index (χ2n) is 5.23. The maximum Gasteiger partial charge on any atom is 0.337 e. The number of rotatable bonds is 4. The monoisotopic (exact) mass is 323 g/mol. The van der Waals surface area contributed by atoms with E-state index in [1.807, 2.05) is 42.5 Å². The van der Waals surface area contributed by atoms with E-state index in [4.69, 9.17) is 5.11 Å². The Labute approximate surface area is 137 Å². The first-order valence-electron chi connectivity index (χ1n) is 7.20. The molecule has 3 nitrogen and oxygen atoms in total. The molecule has 1 aromatic heterocycles. The molecule has 3 aromatic rings. The van der Waals surface area contributed by atoms with Gasteiger partial charge >= 0.3 is 5.97 Å². The van der Waals surface area contributed by atoms with Crippen molar-refractivity contribution in [3.63, 3.8) is 0 Å². The van der Waals surface area contributed by atoms with Gasteiger partial charge < -0.3 is 5.11 Å². The lowest BCUT2D eigenvalue weighted by Crippen LogP contribution is -2.05. The fourth-order valence-electron chi connectivity index (χ4n) is 2.51. The van der Waals surface area contributed by atoms with Crippen molar-refractivity contribution in [2.45, 2.75) is 14.8 Å². The van der Waals surface area contributed by atoms with Crippen LogP contribution in [0.4, 0.5) is 0 Å². The summed E-state index contributed by atoms with van der Waals surface area (Å²) in [6.45, 7) is 0. The van der Waals surface area contributed by atoms with Crippen molar-refractivity contribution in [2.24, 2.45) is 0 Å². The maximum atomic E-state index is 11.1. The van der Waals surface area contributed by atoms with Crippen LogP contribution in [0.3, 0.4) is 0 Å². The highest BCUT2D eigenvalue weighted by Gasteiger charge is 2.27. The molecular weight excluding hydrogens is 306 g/mol. The van der Waals surface area contributed by atoms with E-state index < -0.39 is 16.0 Å². The summed E-state index contributed by atoms with van der Waals surface area (Å²) in [6, 6.07) is 24.0. The van der Waals surface area contributed by atoms with Crippen molar-refractivity contribution in [2.75, 3.05) is 6.26 Å². The summed E-state index contributed by atoms with van der Waals surface area (Å²) >= 11 is 0. The predicted octanol–water partition coefficient (Wildman–Crippen LogP) is 4.69. The summed E-state index contributed by atoms with van der Waals surface area (Å²) in [6.07, 6.45) is 3.63. The third kappa shape index (κ3) is 2.85. The average Bonchev–Trinajstić information content (AvgIpc) is 2.62. The van der Waals surface area contributed by atoms with Gasteiger partial charge in [0, 0.05) is 6.20 Å². The zero-order valence-electron chi connectivity index (χ0n) is 12.7. The topological polar surface area (TPSA) is 50.2 Å². The smallest absolute Gasteiger partial charge is 0.337 e. The number of aromatic nitrogens is 1. The van der Waals surface area contributed by atoms with Crippen molar-refractivity contribution < 1.29 is 9.90 Å². The molecule has 0 saturated carbocycles. The average molecular weight is 323 g/mol. The molecule has 0 spiro atoms. The van der Waals surface area contributed by atoms with Gasteiger partial charge in [0.05, 0.1) is 10.6 Å². The fourth-order valence-corrected chi connectivity index (χ4v) is 5.27. The lowest BCUT2D eigenvalue weighted by molar-refractivity contribution is 0.0696. The molecule has 0 aliphatic rings. The predicted molar refractivity (Wildman–Crippen MR) is 92.4 cm³/mol. The quantitative estimate of drug-likeness (QED) is 0.757. The Morgan fingerprint density at radius 3 is 1.78 bits per heavy atom. The van der Waals surface area contributed by atoms with Crippen LogP contribution >= 0.6 is 10.0 Å². The molecule has 1 N–H and O–H groups in total. The lowest BCUT2D eigenvalue weighted by atomic mass is 10.3. The maximum absolute atomic E-state index is 11.1. The van der Waals surface area contributed by atoms with Crippen molar-refractivity contribution in [3.8, 4) is 0 Å². The Balaban J connectivity index is 2.18. The van der Waals surface area contributed by atoms with E-state index in [1.165, 1.54) is 16.0 Å². The third-order valence-electron chi connectivity index (χ3n) is 3.83. The van der Waals surface area contributed by atoms with Gasteiger partial charge in [-0.25, -0.2) is 9.78 Å². The fraction of sp³-hybridized carbons (Fsp3) is 0.0526. The first kappa shape index (κ1) is 15.3. The zero-order valence-corrected chi connectivity index (χ0v) is 13.5. The van der Waals surface area contributed by atoms with Crippen LogP contribution in [0.15, 0.2) is 93.8 Å². The van der Waals surface area contributed by atoms with E-state index in [0.29, 0.717) is 0 Å². The molecule has 1 heterocycles. The Morgan fingerprint density at radius 2 is 1.39 bits per heavy atom. The molecule has 0 radical (unpaired) electrons. The van der Waals surface area contributed by atoms with Gasteiger partial charge in [-0.1, -0.05) is 36.4 Å². The van der Waals surface area contributed by atoms with Crippen LogP contribution in [-0.4, -0.2) is 22.3 Å². The standard InChI is InChI=1S/C19H17NO2S/c1-23(16-8-4-2-5-9-16,17-10-6-3-7-11-17)18-13-12-15(14-20-18)19(21)22/h2-14H,1H3,(H,21,22). The molecular formula is C19H17NO2S. The number of pyridine rings is 1. The van der Waals surface area contributed by atoms with Crippen LogP contribution in [0, 0.1) is 0 Å². The van der Waals surface area contributed by atoms with E-state index in [2.05, 4.69) is 35.5 Å². The lowest BCUT2D eigenvalue weighted by Gasteiger charge is -2.36. The van der Waals surface area contributed by atoms with Gasteiger partial charge in [-0.2, -0.15) is 0 Å². The van der Waals surface area contributed by atoms with Crippen molar-refractivity contribution in [1.82, 2.24) is 4.98 Å². The largest absolute Gasteiger partial charge is 0.478 e. The van der Waals surface area contributed by atoms with Gasteiger partial charge in [-0.3, -0.25) is 0 Å². The molecule has 3 rings (SSSR count). The summed E-state index contributed by atoms with van der Waals surface area (Å²) in [5.74, 6) is -0.958. The molecule has 0 fully saturated rings. The molecule has 0 unspecified atom stereocenters. The minimum atomic E-state index is -1.52. The summed E-state index contributed by atoms with van der Waals surface area (Å²) in [5, 5.41) is 9.98. The van der Waals surface area contributed by atoms with E-state index in [0.717, 1.165) is 5.03 Å². The molecule has 4 heteroatoms. The number of carboxylic acids is 1.